The van der Waals surface area contributed by atoms with E-state index >= 15 is 0 Å². The van der Waals surface area contributed by atoms with Crippen molar-refractivity contribution < 1.29 is 4.74 Å². The van der Waals surface area contributed by atoms with Crippen LogP contribution in [0.5, 0.6) is 5.88 Å². The lowest BCUT2D eigenvalue weighted by Gasteiger charge is -2.15. The van der Waals surface area contributed by atoms with Crippen LogP contribution in [-0.2, 0) is 0 Å². The normalized spacial score (nSPS) is 12.4. The zero-order chi connectivity index (χ0) is 13.7. The molecule has 0 saturated carbocycles. The van der Waals surface area contributed by atoms with Crippen LogP contribution in [0.1, 0.15) is 38.2 Å². The minimum absolute atomic E-state index is 0.101. The molecule has 0 amide bonds. The Bertz CT molecular complexity index is 501. The summed E-state index contributed by atoms with van der Waals surface area (Å²) in [6.45, 7) is 6.05. The molecule has 0 aromatic carbocycles. The Morgan fingerprint density at radius 1 is 1.32 bits per heavy atom. The molecule has 0 aliphatic heterocycles. The van der Waals surface area contributed by atoms with Crippen LogP contribution < -0.4 is 10.1 Å². The number of nitrogens with one attached hydrogen (secondary N) is 1. The van der Waals surface area contributed by atoms with Crippen LogP contribution in [0.4, 0.5) is 5.95 Å². The molecule has 0 fully saturated rings. The maximum absolute atomic E-state index is 5.56. The minimum Gasteiger partial charge on any atom is -0.475 e. The lowest BCUT2D eigenvalue weighted by atomic mass is 10.2. The average molecular weight is 278 g/mol. The van der Waals surface area contributed by atoms with E-state index in [0.29, 0.717) is 11.8 Å². The molecule has 0 bridgehead atoms. The molecular weight excluding hydrogens is 260 g/mol. The quantitative estimate of drug-likeness (QED) is 0.878. The molecule has 2 aromatic rings. The number of nitrogens with zero attached hydrogens (tertiary/aromatic N) is 3. The predicted molar refractivity (Wildman–Crippen MR) is 76.6 cm³/mol. The van der Waals surface area contributed by atoms with Crippen molar-refractivity contribution in [2.24, 2.45) is 0 Å². The van der Waals surface area contributed by atoms with Crippen LogP contribution in [0.25, 0.3) is 0 Å². The van der Waals surface area contributed by atoms with Crippen LogP contribution in [0.3, 0.4) is 0 Å². The summed E-state index contributed by atoms with van der Waals surface area (Å²) in [4.78, 5) is 12.9. The number of rotatable bonds is 6. The first-order chi connectivity index (χ1) is 9.19. The van der Waals surface area contributed by atoms with Gasteiger partial charge in [0, 0.05) is 23.8 Å². The van der Waals surface area contributed by atoms with Crippen LogP contribution >= 0.6 is 11.3 Å². The van der Waals surface area contributed by atoms with Crippen LogP contribution in [0.2, 0.25) is 0 Å². The predicted octanol–water partition coefficient (Wildman–Crippen LogP) is 3.28. The lowest BCUT2D eigenvalue weighted by molar-refractivity contribution is 0.232. The summed E-state index contributed by atoms with van der Waals surface area (Å²) < 4.78 is 5.56. The maximum Gasteiger partial charge on any atom is 0.226 e. The largest absolute Gasteiger partial charge is 0.475 e. The summed E-state index contributed by atoms with van der Waals surface area (Å²) in [5.41, 5.74) is 0. The molecule has 0 saturated heterocycles. The van der Waals surface area contributed by atoms with Gasteiger partial charge < -0.3 is 10.1 Å². The summed E-state index contributed by atoms with van der Waals surface area (Å²) in [7, 11) is 0. The van der Waals surface area contributed by atoms with E-state index in [1.165, 1.54) is 0 Å². The molecule has 1 unspecified atom stereocenters. The Morgan fingerprint density at radius 2 is 2.16 bits per heavy atom. The zero-order valence-electron chi connectivity index (χ0n) is 11.3. The summed E-state index contributed by atoms with van der Waals surface area (Å²) in [6.07, 6.45) is 4.53. The molecule has 1 atom stereocenters. The molecule has 0 radical (unpaired) electrons. The highest BCUT2D eigenvalue weighted by atomic mass is 32.1. The van der Waals surface area contributed by atoms with E-state index in [1.54, 1.807) is 23.6 Å². The van der Waals surface area contributed by atoms with Gasteiger partial charge in [-0.05, 0) is 20.3 Å². The van der Waals surface area contributed by atoms with E-state index in [2.05, 4.69) is 27.2 Å². The van der Waals surface area contributed by atoms with E-state index in [9.17, 15) is 0 Å². The first-order valence-electron chi connectivity index (χ1n) is 6.34. The first-order valence-corrected chi connectivity index (χ1v) is 7.22. The molecule has 102 valence electrons. The fourth-order valence-electron chi connectivity index (χ4n) is 1.62. The van der Waals surface area contributed by atoms with E-state index in [0.717, 1.165) is 11.4 Å². The molecule has 6 heteroatoms. The fraction of sp³-hybridized carbons (Fsp3) is 0.462. The van der Waals surface area contributed by atoms with Crippen molar-refractivity contribution in [3.05, 3.63) is 28.8 Å². The standard InChI is InChI=1S/C13H18N4OS/c1-4-10(12-14-7-8-19-12)16-13-15-6-5-11(17-13)18-9(2)3/h5-10H,4H2,1-3H3,(H,15,16,17). The van der Waals surface area contributed by atoms with Gasteiger partial charge in [-0.1, -0.05) is 6.92 Å². The number of anilines is 1. The van der Waals surface area contributed by atoms with Gasteiger partial charge in [0.2, 0.25) is 11.8 Å². The summed E-state index contributed by atoms with van der Waals surface area (Å²) in [5.74, 6) is 1.15. The third-order valence-electron chi connectivity index (χ3n) is 2.45. The van der Waals surface area contributed by atoms with Gasteiger partial charge in [-0.2, -0.15) is 4.98 Å². The number of thiazole rings is 1. The molecular formula is C13H18N4OS. The van der Waals surface area contributed by atoms with Crippen molar-refractivity contribution in [2.45, 2.75) is 39.3 Å². The number of ether oxygens (including phenoxy) is 1. The van der Waals surface area contributed by atoms with Crippen molar-refractivity contribution in [3.8, 4) is 5.88 Å². The second-order valence-corrected chi connectivity index (χ2v) is 5.29. The molecule has 0 spiro atoms. The van der Waals surface area contributed by atoms with Crippen molar-refractivity contribution in [3.63, 3.8) is 0 Å². The van der Waals surface area contributed by atoms with Crippen LogP contribution in [-0.4, -0.2) is 21.1 Å². The topological polar surface area (TPSA) is 59.9 Å². The number of hydrogen-bond donors (Lipinski definition) is 1. The fourth-order valence-corrected chi connectivity index (χ4v) is 2.39. The van der Waals surface area contributed by atoms with E-state index in [4.69, 9.17) is 4.74 Å². The van der Waals surface area contributed by atoms with Gasteiger partial charge in [0.25, 0.3) is 0 Å². The highest BCUT2D eigenvalue weighted by molar-refractivity contribution is 7.09. The van der Waals surface area contributed by atoms with E-state index in [-0.39, 0.29) is 12.1 Å². The highest BCUT2D eigenvalue weighted by Gasteiger charge is 2.13. The van der Waals surface area contributed by atoms with Gasteiger partial charge in [-0.15, -0.1) is 11.3 Å². The molecule has 1 N–H and O–H groups in total. The van der Waals surface area contributed by atoms with Crippen LogP contribution in [0.15, 0.2) is 23.8 Å². The third kappa shape index (κ3) is 3.89. The Hall–Kier alpha value is -1.69. The second-order valence-electron chi connectivity index (χ2n) is 4.36. The number of hydrogen-bond acceptors (Lipinski definition) is 6. The molecule has 5 nitrogen and oxygen atoms in total. The Kier molecular flexibility index (Phi) is 4.68. The maximum atomic E-state index is 5.56. The van der Waals surface area contributed by atoms with E-state index < -0.39 is 0 Å². The Morgan fingerprint density at radius 3 is 2.79 bits per heavy atom. The van der Waals surface area contributed by atoms with Gasteiger partial charge in [0.05, 0.1) is 12.1 Å². The molecule has 0 aliphatic rings. The SMILES string of the molecule is CCC(Nc1nccc(OC(C)C)n1)c1nccs1. The van der Waals surface area contributed by atoms with Crippen molar-refractivity contribution in [2.75, 3.05) is 5.32 Å². The van der Waals surface area contributed by atoms with E-state index in [1.807, 2.05) is 25.4 Å². The van der Waals surface area contributed by atoms with Gasteiger partial charge in [-0.3, -0.25) is 0 Å². The Balaban J connectivity index is 2.09. The van der Waals surface area contributed by atoms with Crippen molar-refractivity contribution in [1.82, 2.24) is 15.0 Å². The second kappa shape index (κ2) is 6.47. The van der Waals surface area contributed by atoms with Gasteiger partial charge >= 0.3 is 0 Å². The Labute approximate surface area is 117 Å². The molecule has 0 aliphatic carbocycles. The summed E-state index contributed by atoms with van der Waals surface area (Å²) >= 11 is 1.63. The molecule has 2 heterocycles. The molecule has 2 aromatic heterocycles. The minimum atomic E-state index is 0.101. The monoisotopic (exact) mass is 278 g/mol. The average Bonchev–Trinajstić information content (AvgIpc) is 2.89. The summed E-state index contributed by atoms with van der Waals surface area (Å²) in [6, 6.07) is 1.89. The van der Waals surface area contributed by atoms with Crippen molar-refractivity contribution in [1.29, 1.82) is 0 Å². The summed E-state index contributed by atoms with van der Waals surface area (Å²) in [5, 5.41) is 6.30. The third-order valence-corrected chi connectivity index (χ3v) is 3.34. The number of aromatic nitrogens is 3. The van der Waals surface area contributed by atoms with Crippen molar-refractivity contribution >= 4 is 17.3 Å². The highest BCUT2D eigenvalue weighted by Crippen LogP contribution is 2.23. The van der Waals surface area contributed by atoms with Crippen LogP contribution in [0, 0.1) is 0 Å². The zero-order valence-corrected chi connectivity index (χ0v) is 12.1. The molecule has 2 rings (SSSR count). The lowest BCUT2D eigenvalue weighted by Crippen LogP contribution is -2.13. The van der Waals surface area contributed by atoms with Gasteiger partial charge in [0.1, 0.15) is 5.01 Å². The van der Waals surface area contributed by atoms with Gasteiger partial charge in [-0.25, -0.2) is 9.97 Å². The van der Waals surface area contributed by atoms with Gasteiger partial charge in [0.15, 0.2) is 0 Å². The first kappa shape index (κ1) is 13.7. The smallest absolute Gasteiger partial charge is 0.226 e. The molecule has 19 heavy (non-hydrogen) atoms.